The number of aromatic nitrogens is 4. The van der Waals surface area contributed by atoms with Crippen LogP contribution in [0, 0.1) is 0 Å². The van der Waals surface area contributed by atoms with Gasteiger partial charge in [-0.2, -0.15) is 13.2 Å². The number of halogens is 4. The Hall–Kier alpha value is -2.49. The van der Waals surface area contributed by atoms with Crippen molar-refractivity contribution < 1.29 is 22.8 Å². The molecule has 0 aliphatic carbocycles. The van der Waals surface area contributed by atoms with Crippen LogP contribution in [0.25, 0.3) is 0 Å². The fourth-order valence-corrected chi connectivity index (χ4v) is 2.22. The number of benzene rings is 1. The zero-order valence-corrected chi connectivity index (χ0v) is 12.5. The number of amides is 1. The molecule has 1 N–H and O–H groups in total. The quantitative estimate of drug-likeness (QED) is 0.861. The van der Waals surface area contributed by atoms with Gasteiger partial charge in [-0.25, -0.2) is 4.68 Å². The Kier molecular flexibility index (Phi) is 4.37. The van der Waals surface area contributed by atoms with Crippen molar-refractivity contribution in [3.8, 4) is 0 Å². The van der Waals surface area contributed by atoms with Crippen LogP contribution in [0.3, 0.4) is 0 Å². The van der Waals surface area contributed by atoms with Crippen molar-refractivity contribution in [3.63, 3.8) is 0 Å². The summed E-state index contributed by atoms with van der Waals surface area (Å²) in [5.74, 6) is -1.78. The van der Waals surface area contributed by atoms with Gasteiger partial charge in [-0.3, -0.25) is 14.9 Å². The van der Waals surface area contributed by atoms with Gasteiger partial charge in [-0.05, 0) is 29.5 Å². The number of hydrogen-bond donors (Lipinski definition) is 1. The number of tetrazole rings is 1. The Balaban J connectivity index is 2.48. The van der Waals surface area contributed by atoms with Crippen LogP contribution < -0.4 is 5.32 Å². The highest BCUT2D eigenvalue weighted by Gasteiger charge is 2.36. The van der Waals surface area contributed by atoms with E-state index in [2.05, 4.69) is 20.8 Å². The summed E-state index contributed by atoms with van der Waals surface area (Å²) in [6.07, 6.45) is -4.77. The molecule has 11 heteroatoms. The molecule has 0 aliphatic heterocycles. The highest BCUT2D eigenvalue weighted by molar-refractivity contribution is 6.37. The van der Waals surface area contributed by atoms with Crippen molar-refractivity contribution >= 4 is 29.2 Å². The molecule has 7 nitrogen and oxygen atoms in total. The fourth-order valence-electron chi connectivity index (χ4n) is 1.84. The number of aryl methyl sites for hydroxylation is 1. The lowest BCUT2D eigenvalue weighted by atomic mass is 10.00. The average Bonchev–Trinajstić information content (AvgIpc) is 2.82. The van der Waals surface area contributed by atoms with Crippen LogP contribution >= 0.6 is 11.6 Å². The van der Waals surface area contributed by atoms with Crippen molar-refractivity contribution in [2.45, 2.75) is 13.1 Å². The first-order chi connectivity index (χ1) is 10.6. The van der Waals surface area contributed by atoms with E-state index in [0.29, 0.717) is 6.07 Å². The lowest BCUT2D eigenvalue weighted by Crippen LogP contribution is -2.19. The molecule has 0 atom stereocenters. The van der Waals surface area contributed by atoms with Crippen molar-refractivity contribution in [1.82, 2.24) is 20.2 Å². The molecule has 1 aromatic heterocycles. The number of carbonyl (C=O) groups excluding carboxylic acids is 2. The number of alkyl halides is 3. The number of anilines is 1. The molecule has 2 aromatic rings. The Labute approximate surface area is 132 Å². The topological polar surface area (TPSA) is 89.8 Å². The summed E-state index contributed by atoms with van der Waals surface area (Å²) in [4.78, 5) is 23.7. The normalized spacial score (nSPS) is 11.4. The van der Waals surface area contributed by atoms with Crippen molar-refractivity contribution in [2.75, 3.05) is 5.32 Å². The predicted octanol–water partition coefficient (Wildman–Crippen LogP) is 2.34. The first-order valence-electron chi connectivity index (χ1n) is 6.07. The van der Waals surface area contributed by atoms with Gasteiger partial charge >= 0.3 is 6.18 Å². The van der Waals surface area contributed by atoms with E-state index >= 15 is 0 Å². The molecule has 1 amide bonds. The van der Waals surface area contributed by atoms with Crippen molar-refractivity contribution in [1.29, 1.82) is 0 Å². The van der Waals surface area contributed by atoms with E-state index in [1.165, 1.54) is 7.05 Å². The Bertz CT molecular complexity index is 787. The zero-order valence-electron chi connectivity index (χ0n) is 11.8. The molecule has 0 aliphatic rings. The zero-order chi connectivity index (χ0) is 17.4. The molecule has 2 rings (SSSR count). The van der Waals surface area contributed by atoms with Gasteiger partial charge in [0.15, 0.2) is 5.78 Å². The minimum Gasteiger partial charge on any atom is -0.294 e. The molecule has 0 unspecified atom stereocenters. The maximum Gasteiger partial charge on any atom is 0.417 e. The molecule has 122 valence electrons. The van der Waals surface area contributed by atoms with Gasteiger partial charge < -0.3 is 0 Å². The standard InChI is InChI=1S/C12H9ClF3N5O2/c1-5(22)8-7(12(14,15)16)4-3-6(9(8)13)10(23)17-11-18-19-20-21(11)2/h3-4H,1-2H3,(H,17,18,20,23). The van der Waals surface area contributed by atoms with Crippen LogP contribution in [-0.2, 0) is 13.2 Å². The molecule has 0 fully saturated rings. The van der Waals surface area contributed by atoms with Gasteiger partial charge in [0.05, 0.1) is 16.1 Å². The summed E-state index contributed by atoms with van der Waals surface area (Å²) < 4.78 is 40.0. The molecule has 1 heterocycles. The van der Waals surface area contributed by atoms with Crippen LogP contribution in [0.2, 0.25) is 5.02 Å². The Morgan fingerprint density at radius 3 is 2.43 bits per heavy atom. The van der Waals surface area contributed by atoms with Crippen LogP contribution in [0.1, 0.15) is 33.2 Å². The molecule has 0 radical (unpaired) electrons. The van der Waals surface area contributed by atoms with E-state index < -0.39 is 34.0 Å². The molecule has 0 saturated carbocycles. The average molecular weight is 348 g/mol. The van der Waals surface area contributed by atoms with Crippen molar-refractivity contribution in [2.24, 2.45) is 7.05 Å². The summed E-state index contributed by atoms with van der Waals surface area (Å²) in [5.41, 5.74) is -2.26. The highest BCUT2D eigenvalue weighted by atomic mass is 35.5. The molecular formula is C12H9ClF3N5O2. The summed E-state index contributed by atoms with van der Waals surface area (Å²) in [6.45, 7) is 0.935. The van der Waals surface area contributed by atoms with E-state index in [0.717, 1.165) is 17.7 Å². The second-order valence-electron chi connectivity index (χ2n) is 4.48. The summed E-state index contributed by atoms with van der Waals surface area (Å²) in [5, 5.41) is 12.0. The Morgan fingerprint density at radius 1 is 1.30 bits per heavy atom. The first kappa shape index (κ1) is 16.9. The maximum atomic E-state index is 12.9. The third-order valence-electron chi connectivity index (χ3n) is 2.89. The van der Waals surface area contributed by atoms with Crippen molar-refractivity contribution in [3.05, 3.63) is 33.8 Å². The lowest BCUT2D eigenvalue weighted by Gasteiger charge is -2.14. The third-order valence-corrected chi connectivity index (χ3v) is 3.28. The summed E-state index contributed by atoms with van der Waals surface area (Å²) in [6, 6.07) is 1.52. The number of carbonyl (C=O) groups is 2. The molecule has 1 aromatic carbocycles. The minimum atomic E-state index is -4.77. The SMILES string of the molecule is CC(=O)c1c(C(F)(F)F)ccc(C(=O)Nc2nnnn2C)c1Cl. The van der Waals surface area contributed by atoms with E-state index in [-0.39, 0.29) is 11.5 Å². The monoisotopic (exact) mass is 347 g/mol. The second-order valence-corrected chi connectivity index (χ2v) is 4.86. The molecule has 0 saturated heterocycles. The number of nitrogens with one attached hydrogen (secondary N) is 1. The lowest BCUT2D eigenvalue weighted by molar-refractivity contribution is -0.137. The van der Waals surface area contributed by atoms with E-state index in [9.17, 15) is 22.8 Å². The number of ketones is 1. The number of rotatable bonds is 3. The first-order valence-corrected chi connectivity index (χ1v) is 6.45. The maximum absolute atomic E-state index is 12.9. The van der Waals surface area contributed by atoms with Gasteiger partial charge in [0.1, 0.15) is 0 Å². The number of hydrogen-bond acceptors (Lipinski definition) is 5. The van der Waals surface area contributed by atoms with E-state index in [1.54, 1.807) is 0 Å². The van der Waals surface area contributed by atoms with E-state index in [4.69, 9.17) is 11.6 Å². The summed E-state index contributed by atoms with van der Waals surface area (Å²) in [7, 11) is 1.45. The van der Waals surface area contributed by atoms with Gasteiger partial charge in [-0.1, -0.05) is 16.7 Å². The molecular weight excluding hydrogens is 339 g/mol. The minimum absolute atomic E-state index is 0.0321. The second kappa shape index (κ2) is 5.95. The van der Waals surface area contributed by atoms with Crippen LogP contribution in [0.4, 0.5) is 19.1 Å². The van der Waals surface area contributed by atoms with Gasteiger partial charge in [0.2, 0.25) is 5.95 Å². The van der Waals surface area contributed by atoms with Crippen LogP contribution in [0.15, 0.2) is 12.1 Å². The number of Topliss-reactive ketones (excluding diaryl/α,β-unsaturated/α-hetero) is 1. The van der Waals surface area contributed by atoms with Gasteiger partial charge in [0.25, 0.3) is 5.91 Å². The Morgan fingerprint density at radius 2 is 1.96 bits per heavy atom. The smallest absolute Gasteiger partial charge is 0.294 e. The number of nitrogens with zero attached hydrogens (tertiary/aromatic N) is 4. The van der Waals surface area contributed by atoms with Gasteiger partial charge in [0, 0.05) is 12.6 Å². The van der Waals surface area contributed by atoms with Crippen LogP contribution in [0.5, 0.6) is 0 Å². The molecule has 0 spiro atoms. The van der Waals surface area contributed by atoms with Crippen LogP contribution in [-0.4, -0.2) is 31.9 Å². The highest BCUT2D eigenvalue weighted by Crippen LogP contribution is 2.37. The predicted molar refractivity (Wildman–Crippen MR) is 73.2 cm³/mol. The fraction of sp³-hybridized carbons (Fsp3) is 0.250. The third kappa shape index (κ3) is 3.31. The summed E-state index contributed by atoms with van der Waals surface area (Å²) >= 11 is 5.85. The van der Waals surface area contributed by atoms with E-state index in [1.807, 2.05) is 0 Å². The van der Waals surface area contributed by atoms with Gasteiger partial charge in [-0.15, -0.1) is 0 Å². The molecule has 23 heavy (non-hydrogen) atoms. The largest absolute Gasteiger partial charge is 0.417 e. The molecule has 0 bridgehead atoms.